The molecule has 0 radical (unpaired) electrons. The molecule has 30 heavy (non-hydrogen) atoms. The van der Waals surface area contributed by atoms with E-state index in [0.29, 0.717) is 18.2 Å². The number of hydrogen-bond donors (Lipinski definition) is 0. The van der Waals surface area contributed by atoms with Crippen LogP contribution in [-0.2, 0) is 19.6 Å². The number of hydrogen-bond acceptors (Lipinski definition) is 3. The maximum absolute atomic E-state index is 12.9. The molecular weight excluding hydrogens is 372 g/mol. The third-order valence-electron chi connectivity index (χ3n) is 6.16. The van der Waals surface area contributed by atoms with Crippen LogP contribution < -0.4 is 4.74 Å². The summed E-state index contributed by atoms with van der Waals surface area (Å²) in [5.74, 6) is 0.822. The number of fused-ring (bicyclic) bond motifs is 1. The van der Waals surface area contributed by atoms with Crippen molar-refractivity contribution in [3.05, 3.63) is 101 Å². The molecule has 2 aliphatic heterocycles. The van der Waals surface area contributed by atoms with Gasteiger partial charge in [-0.3, -0.25) is 9.69 Å². The number of amides is 1. The first-order chi connectivity index (χ1) is 14.8. The third kappa shape index (κ3) is 3.96. The summed E-state index contributed by atoms with van der Waals surface area (Å²) in [6, 6.07) is 26.8. The summed E-state index contributed by atoms with van der Waals surface area (Å²) in [5, 5.41) is 0. The van der Waals surface area contributed by atoms with Gasteiger partial charge in [-0.2, -0.15) is 0 Å². The Balaban J connectivity index is 1.17. The predicted molar refractivity (Wildman–Crippen MR) is 117 cm³/mol. The molecule has 4 heteroatoms. The fraction of sp³-hybridized carbons (Fsp3) is 0.269. The van der Waals surface area contributed by atoms with Gasteiger partial charge >= 0.3 is 0 Å². The van der Waals surface area contributed by atoms with Crippen molar-refractivity contribution >= 4 is 5.91 Å². The molecule has 1 amide bonds. The maximum atomic E-state index is 12.9. The van der Waals surface area contributed by atoms with Gasteiger partial charge in [0, 0.05) is 37.8 Å². The number of ether oxygens (including phenoxy) is 1. The zero-order valence-electron chi connectivity index (χ0n) is 17.0. The van der Waals surface area contributed by atoms with Crippen molar-refractivity contribution in [1.82, 2.24) is 9.80 Å². The van der Waals surface area contributed by atoms with Crippen LogP contribution in [0.5, 0.6) is 5.75 Å². The van der Waals surface area contributed by atoms with Gasteiger partial charge in [0.05, 0.1) is 0 Å². The van der Waals surface area contributed by atoms with E-state index in [4.69, 9.17) is 4.74 Å². The first-order valence-electron chi connectivity index (χ1n) is 10.6. The monoisotopic (exact) mass is 398 g/mol. The minimum Gasteiger partial charge on any atom is -0.489 e. The van der Waals surface area contributed by atoms with Gasteiger partial charge in [-0.15, -0.1) is 0 Å². The Bertz CT molecular complexity index is 1030. The summed E-state index contributed by atoms with van der Waals surface area (Å²) in [5.41, 5.74) is 4.70. The lowest BCUT2D eigenvalue weighted by Gasteiger charge is -2.47. The van der Waals surface area contributed by atoms with E-state index in [0.717, 1.165) is 43.9 Å². The summed E-state index contributed by atoms with van der Waals surface area (Å²) in [7, 11) is 0. The van der Waals surface area contributed by atoms with Crippen molar-refractivity contribution in [2.45, 2.75) is 25.6 Å². The quantitative estimate of drug-likeness (QED) is 0.647. The van der Waals surface area contributed by atoms with E-state index in [2.05, 4.69) is 29.2 Å². The Morgan fingerprint density at radius 3 is 2.50 bits per heavy atom. The van der Waals surface area contributed by atoms with Gasteiger partial charge < -0.3 is 9.64 Å². The molecule has 4 nitrogen and oxygen atoms in total. The summed E-state index contributed by atoms with van der Waals surface area (Å²) in [6.07, 6.45) is 1.10. The van der Waals surface area contributed by atoms with E-state index >= 15 is 0 Å². The SMILES string of the molecule is O=C(c1cccc(OCc2ccccc2)c1)N1CC(N2CCc3ccccc3C2)C1. The number of benzene rings is 3. The van der Waals surface area contributed by atoms with Crippen molar-refractivity contribution in [2.24, 2.45) is 0 Å². The second-order valence-corrected chi connectivity index (χ2v) is 8.16. The van der Waals surface area contributed by atoms with Gasteiger partial charge in [0.25, 0.3) is 5.91 Å². The van der Waals surface area contributed by atoms with Crippen LogP contribution in [0.25, 0.3) is 0 Å². The normalized spacial score (nSPS) is 16.6. The minimum absolute atomic E-state index is 0.0915. The van der Waals surface area contributed by atoms with Crippen LogP contribution in [0.15, 0.2) is 78.9 Å². The largest absolute Gasteiger partial charge is 0.489 e. The molecule has 0 unspecified atom stereocenters. The standard InChI is InChI=1S/C26H26N2O2/c29-26(22-11-6-12-25(15-22)30-19-20-7-2-1-3-8-20)28-17-24(18-28)27-14-13-21-9-4-5-10-23(21)16-27/h1-12,15,24H,13-14,16-19H2. The molecule has 0 N–H and O–H groups in total. The average molecular weight is 399 g/mol. The second-order valence-electron chi connectivity index (χ2n) is 8.16. The Hall–Kier alpha value is -3.11. The molecule has 2 heterocycles. The highest BCUT2D eigenvalue weighted by Crippen LogP contribution is 2.26. The van der Waals surface area contributed by atoms with Crippen LogP contribution in [0.2, 0.25) is 0 Å². The van der Waals surface area contributed by atoms with E-state index < -0.39 is 0 Å². The van der Waals surface area contributed by atoms with Crippen LogP contribution in [0.3, 0.4) is 0 Å². The molecule has 0 spiro atoms. The van der Waals surface area contributed by atoms with Gasteiger partial charge in [0.1, 0.15) is 12.4 Å². The Kier molecular flexibility index (Phi) is 5.24. The summed E-state index contributed by atoms with van der Waals surface area (Å²) in [4.78, 5) is 17.4. The zero-order valence-corrected chi connectivity index (χ0v) is 17.0. The topological polar surface area (TPSA) is 32.8 Å². The molecule has 0 atom stereocenters. The molecule has 3 aromatic rings. The molecule has 1 fully saturated rings. The average Bonchev–Trinajstić information content (AvgIpc) is 2.77. The number of carbonyl (C=O) groups excluding carboxylic acids is 1. The number of carbonyl (C=O) groups is 1. The highest BCUT2D eigenvalue weighted by molar-refractivity contribution is 5.95. The minimum atomic E-state index is 0.0915. The molecule has 0 bridgehead atoms. The van der Waals surface area contributed by atoms with E-state index in [1.807, 2.05) is 59.5 Å². The number of rotatable bonds is 5. The molecule has 152 valence electrons. The van der Waals surface area contributed by atoms with Gasteiger partial charge in [0.2, 0.25) is 0 Å². The van der Waals surface area contributed by atoms with Gasteiger partial charge in [0.15, 0.2) is 0 Å². The van der Waals surface area contributed by atoms with Crippen LogP contribution in [-0.4, -0.2) is 41.4 Å². The zero-order chi connectivity index (χ0) is 20.3. The predicted octanol–water partition coefficient (Wildman–Crippen LogP) is 4.15. The van der Waals surface area contributed by atoms with E-state index in [9.17, 15) is 4.79 Å². The smallest absolute Gasteiger partial charge is 0.254 e. The lowest BCUT2D eigenvalue weighted by Crippen LogP contribution is -2.61. The van der Waals surface area contributed by atoms with Crippen molar-refractivity contribution in [2.75, 3.05) is 19.6 Å². The van der Waals surface area contributed by atoms with Crippen molar-refractivity contribution < 1.29 is 9.53 Å². The molecular formula is C26H26N2O2. The Labute approximate surface area is 177 Å². The van der Waals surface area contributed by atoms with Crippen LogP contribution in [0.4, 0.5) is 0 Å². The van der Waals surface area contributed by atoms with E-state index in [1.54, 1.807) is 0 Å². The molecule has 3 aromatic carbocycles. The van der Waals surface area contributed by atoms with Gasteiger partial charge in [-0.25, -0.2) is 0 Å². The molecule has 0 aliphatic carbocycles. The van der Waals surface area contributed by atoms with Crippen LogP contribution in [0.1, 0.15) is 27.0 Å². The van der Waals surface area contributed by atoms with Crippen molar-refractivity contribution in [3.63, 3.8) is 0 Å². The summed E-state index contributed by atoms with van der Waals surface area (Å²) in [6.45, 7) is 4.17. The number of likely N-dealkylation sites (tertiary alicyclic amines) is 1. The van der Waals surface area contributed by atoms with Crippen LogP contribution >= 0.6 is 0 Å². The first-order valence-corrected chi connectivity index (χ1v) is 10.6. The Morgan fingerprint density at radius 1 is 0.900 bits per heavy atom. The Morgan fingerprint density at radius 2 is 1.67 bits per heavy atom. The second kappa shape index (κ2) is 8.33. The van der Waals surface area contributed by atoms with Gasteiger partial charge in [-0.1, -0.05) is 60.7 Å². The maximum Gasteiger partial charge on any atom is 0.254 e. The fourth-order valence-electron chi connectivity index (χ4n) is 4.32. The fourth-order valence-corrected chi connectivity index (χ4v) is 4.32. The molecule has 1 saturated heterocycles. The lowest BCUT2D eigenvalue weighted by atomic mass is 9.96. The molecule has 2 aliphatic rings. The van der Waals surface area contributed by atoms with E-state index in [1.165, 1.54) is 11.1 Å². The van der Waals surface area contributed by atoms with E-state index in [-0.39, 0.29) is 5.91 Å². The highest BCUT2D eigenvalue weighted by Gasteiger charge is 2.36. The lowest BCUT2D eigenvalue weighted by molar-refractivity contribution is 0.0218. The third-order valence-corrected chi connectivity index (χ3v) is 6.16. The van der Waals surface area contributed by atoms with Crippen LogP contribution in [0, 0.1) is 0 Å². The summed E-state index contributed by atoms with van der Waals surface area (Å²) >= 11 is 0. The van der Waals surface area contributed by atoms with Gasteiger partial charge in [-0.05, 0) is 41.3 Å². The summed E-state index contributed by atoms with van der Waals surface area (Å²) < 4.78 is 5.88. The van der Waals surface area contributed by atoms with Crippen molar-refractivity contribution in [1.29, 1.82) is 0 Å². The molecule has 0 aromatic heterocycles. The molecule has 0 saturated carbocycles. The number of nitrogens with zero attached hydrogens (tertiary/aromatic N) is 2. The first kappa shape index (κ1) is 18.9. The highest BCUT2D eigenvalue weighted by atomic mass is 16.5. The van der Waals surface area contributed by atoms with Crippen molar-refractivity contribution in [3.8, 4) is 5.75 Å². The molecule has 5 rings (SSSR count).